The molecular formula is C16H29N3S. The van der Waals surface area contributed by atoms with Gasteiger partial charge in [0.1, 0.15) is 0 Å². The SMILES string of the molecule is CCNCc1ccc(CN2CCC(CN(C)C)CC2)s1. The van der Waals surface area contributed by atoms with Crippen molar-refractivity contribution in [3.05, 3.63) is 21.9 Å². The summed E-state index contributed by atoms with van der Waals surface area (Å²) in [5.74, 6) is 0.897. The van der Waals surface area contributed by atoms with Crippen LogP contribution in [0.5, 0.6) is 0 Å². The van der Waals surface area contributed by atoms with Crippen LogP contribution in [0.3, 0.4) is 0 Å². The minimum atomic E-state index is 0.897. The normalized spacial score (nSPS) is 18.0. The number of rotatable bonds is 7. The van der Waals surface area contributed by atoms with E-state index in [4.69, 9.17) is 0 Å². The van der Waals surface area contributed by atoms with Crippen LogP contribution in [0.4, 0.5) is 0 Å². The maximum absolute atomic E-state index is 3.40. The standard InChI is InChI=1S/C16H29N3S/c1-4-17-11-15-5-6-16(20-15)13-19-9-7-14(8-10-19)12-18(2)3/h5-6,14,17H,4,7-13H2,1-3H3. The Morgan fingerprint density at radius 2 is 1.95 bits per heavy atom. The Labute approximate surface area is 128 Å². The summed E-state index contributed by atoms with van der Waals surface area (Å²) < 4.78 is 0. The quantitative estimate of drug-likeness (QED) is 0.834. The van der Waals surface area contributed by atoms with E-state index in [1.807, 2.05) is 11.3 Å². The Bertz CT molecular complexity index is 381. The summed E-state index contributed by atoms with van der Waals surface area (Å²) in [6.45, 7) is 9.15. The molecule has 3 nitrogen and oxygen atoms in total. The van der Waals surface area contributed by atoms with Crippen molar-refractivity contribution in [2.45, 2.75) is 32.9 Å². The van der Waals surface area contributed by atoms with Gasteiger partial charge in [-0.05, 0) is 64.6 Å². The summed E-state index contributed by atoms with van der Waals surface area (Å²) in [7, 11) is 4.37. The molecule has 1 N–H and O–H groups in total. The Morgan fingerprint density at radius 1 is 1.25 bits per heavy atom. The summed E-state index contributed by atoms with van der Waals surface area (Å²) in [6.07, 6.45) is 2.71. The highest BCUT2D eigenvalue weighted by Crippen LogP contribution is 2.23. The van der Waals surface area contributed by atoms with Crippen molar-refractivity contribution < 1.29 is 0 Å². The molecule has 0 aliphatic carbocycles. The lowest BCUT2D eigenvalue weighted by Crippen LogP contribution is -2.36. The van der Waals surface area contributed by atoms with Crippen LogP contribution in [0.15, 0.2) is 12.1 Å². The lowest BCUT2D eigenvalue weighted by Gasteiger charge is -2.32. The van der Waals surface area contributed by atoms with Crippen molar-refractivity contribution in [3.8, 4) is 0 Å². The maximum atomic E-state index is 3.40. The van der Waals surface area contributed by atoms with Crippen LogP contribution in [0.1, 0.15) is 29.5 Å². The number of piperidine rings is 1. The van der Waals surface area contributed by atoms with Gasteiger partial charge in [0, 0.05) is 29.4 Å². The number of likely N-dealkylation sites (tertiary alicyclic amines) is 1. The van der Waals surface area contributed by atoms with Gasteiger partial charge in [-0.3, -0.25) is 4.90 Å². The molecule has 114 valence electrons. The molecule has 4 heteroatoms. The zero-order valence-electron chi connectivity index (χ0n) is 13.2. The zero-order valence-corrected chi connectivity index (χ0v) is 14.0. The third kappa shape index (κ3) is 5.17. The molecular weight excluding hydrogens is 266 g/mol. The summed E-state index contributed by atoms with van der Waals surface area (Å²) in [4.78, 5) is 7.93. The minimum absolute atomic E-state index is 0.897. The average Bonchev–Trinajstić information content (AvgIpc) is 2.86. The molecule has 0 amide bonds. The molecule has 1 aromatic heterocycles. The number of nitrogens with one attached hydrogen (secondary N) is 1. The highest BCUT2D eigenvalue weighted by atomic mass is 32.1. The second-order valence-corrected chi connectivity index (χ2v) is 7.38. The molecule has 0 saturated carbocycles. The van der Waals surface area contributed by atoms with E-state index >= 15 is 0 Å². The van der Waals surface area contributed by atoms with Gasteiger partial charge in [-0.15, -0.1) is 11.3 Å². The molecule has 0 spiro atoms. The number of thiophene rings is 1. The number of hydrogen-bond acceptors (Lipinski definition) is 4. The lowest BCUT2D eigenvalue weighted by molar-refractivity contribution is 0.158. The number of hydrogen-bond donors (Lipinski definition) is 1. The second kappa shape index (κ2) is 8.13. The smallest absolute Gasteiger partial charge is 0.0328 e. The molecule has 0 bridgehead atoms. The van der Waals surface area contributed by atoms with E-state index in [1.165, 1.54) is 42.2 Å². The zero-order chi connectivity index (χ0) is 14.4. The van der Waals surface area contributed by atoms with E-state index < -0.39 is 0 Å². The Kier molecular flexibility index (Phi) is 6.49. The molecule has 2 rings (SSSR count). The van der Waals surface area contributed by atoms with E-state index in [9.17, 15) is 0 Å². The van der Waals surface area contributed by atoms with Gasteiger partial charge < -0.3 is 10.2 Å². The fraction of sp³-hybridized carbons (Fsp3) is 0.750. The van der Waals surface area contributed by atoms with Crippen molar-refractivity contribution in [2.75, 3.05) is 40.3 Å². The van der Waals surface area contributed by atoms with Crippen LogP contribution in [-0.4, -0.2) is 50.1 Å². The van der Waals surface area contributed by atoms with Gasteiger partial charge in [-0.2, -0.15) is 0 Å². The molecule has 2 heterocycles. The third-order valence-corrected chi connectivity index (χ3v) is 5.05. The highest BCUT2D eigenvalue weighted by molar-refractivity contribution is 7.11. The van der Waals surface area contributed by atoms with Crippen molar-refractivity contribution in [2.24, 2.45) is 5.92 Å². The van der Waals surface area contributed by atoms with Gasteiger partial charge in [0.05, 0.1) is 0 Å². The van der Waals surface area contributed by atoms with Gasteiger partial charge in [0.25, 0.3) is 0 Å². The molecule has 1 aliphatic rings. The minimum Gasteiger partial charge on any atom is -0.312 e. The first-order valence-corrected chi connectivity index (χ1v) is 8.64. The van der Waals surface area contributed by atoms with E-state index in [-0.39, 0.29) is 0 Å². The molecule has 0 unspecified atom stereocenters. The molecule has 0 radical (unpaired) electrons. The van der Waals surface area contributed by atoms with Crippen LogP contribution < -0.4 is 5.32 Å². The summed E-state index contributed by atoms with van der Waals surface area (Å²) in [5, 5.41) is 3.40. The van der Waals surface area contributed by atoms with Crippen LogP contribution in [-0.2, 0) is 13.1 Å². The van der Waals surface area contributed by atoms with Gasteiger partial charge in [0.15, 0.2) is 0 Å². The highest BCUT2D eigenvalue weighted by Gasteiger charge is 2.19. The van der Waals surface area contributed by atoms with Gasteiger partial charge in [-0.1, -0.05) is 6.92 Å². The van der Waals surface area contributed by atoms with E-state index in [1.54, 1.807) is 0 Å². The lowest BCUT2D eigenvalue weighted by atomic mass is 9.96. The summed E-state index contributed by atoms with van der Waals surface area (Å²) in [5.41, 5.74) is 0. The van der Waals surface area contributed by atoms with Gasteiger partial charge in [-0.25, -0.2) is 0 Å². The van der Waals surface area contributed by atoms with Gasteiger partial charge in [0.2, 0.25) is 0 Å². The first kappa shape index (κ1) is 16.0. The van der Waals surface area contributed by atoms with Crippen LogP contribution >= 0.6 is 11.3 Å². The van der Waals surface area contributed by atoms with Crippen LogP contribution in [0.25, 0.3) is 0 Å². The molecule has 20 heavy (non-hydrogen) atoms. The van der Waals surface area contributed by atoms with E-state index in [2.05, 4.69) is 48.3 Å². The Morgan fingerprint density at radius 3 is 2.60 bits per heavy atom. The second-order valence-electron chi connectivity index (χ2n) is 6.13. The Balaban J connectivity index is 1.73. The molecule has 1 aromatic rings. The Hall–Kier alpha value is -0.420. The molecule has 0 aromatic carbocycles. The molecule has 1 aliphatic heterocycles. The third-order valence-electron chi connectivity index (χ3n) is 3.98. The predicted octanol–water partition coefficient (Wildman–Crippen LogP) is 2.63. The largest absolute Gasteiger partial charge is 0.312 e. The van der Waals surface area contributed by atoms with Crippen LogP contribution in [0, 0.1) is 5.92 Å². The topological polar surface area (TPSA) is 18.5 Å². The van der Waals surface area contributed by atoms with E-state index in [0.29, 0.717) is 0 Å². The van der Waals surface area contributed by atoms with Crippen molar-refractivity contribution in [1.29, 1.82) is 0 Å². The average molecular weight is 295 g/mol. The summed E-state index contributed by atoms with van der Waals surface area (Å²) >= 11 is 1.97. The predicted molar refractivity (Wildman–Crippen MR) is 88.3 cm³/mol. The molecule has 1 saturated heterocycles. The van der Waals surface area contributed by atoms with Crippen molar-refractivity contribution in [1.82, 2.24) is 15.1 Å². The van der Waals surface area contributed by atoms with E-state index in [0.717, 1.165) is 25.6 Å². The first-order chi connectivity index (χ1) is 9.67. The molecule has 1 fully saturated rings. The fourth-order valence-electron chi connectivity index (χ4n) is 2.91. The first-order valence-electron chi connectivity index (χ1n) is 7.82. The van der Waals surface area contributed by atoms with Gasteiger partial charge >= 0.3 is 0 Å². The monoisotopic (exact) mass is 295 g/mol. The molecule has 0 atom stereocenters. The fourth-order valence-corrected chi connectivity index (χ4v) is 3.94. The number of nitrogens with zero attached hydrogens (tertiary/aromatic N) is 2. The van der Waals surface area contributed by atoms with Crippen molar-refractivity contribution in [3.63, 3.8) is 0 Å². The summed E-state index contributed by atoms with van der Waals surface area (Å²) in [6, 6.07) is 4.59. The maximum Gasteiger partial charge on any atom is 0.0328 e. The van der Waals surface area contributed by atoms with Crippen LogP contribution in [0.2, 0.25) is 0 Å². The van der Waals surface area contributed by atoms with Crippen molar-refractivity contribution >= 4 is 11.3 Å².